The van der Waals surface area contributed by atoms with Gasteiger partial charge in [0.2, 0.25) is 0 Å². The minimum atomic E-state index is -0.890. The van der Waals surface area contributed by atoms with Gasteiger partial charge in [-0.2, -0.15) is 0 Å². The van der Waals surface area contributed by atoms with Crippen molar-refractivity contribution < 1.29 is 24.2 Å². The van der Waals surface area contributed by atoms with Crippen LogP contribution < -0.4 is 10.6 Å². The van der Waals surface area contributed by atoms with Gasteiger partial charge in [0.05, 0.1) is 13.2 Å². The molecule has 1 aliphatic heterocycles. The number of benzene rings is 1. The van der Waals surface area contributed by atoms with Gasteiger partial charge in [0.25, 0.3) is 0 Å². The highest BCUT2D eigenvalue weighted by molar-refractivity contribution is 5.89. The Hall–Kier alpha value is -2.12. The molecule has 1 saturated heterocycles. The van der Waals surface area contributed by atoms with Gasteiger partial charge in [-0.1, -0.05) is 12.1 Å². The highest BCUT2D eigenvalue weighted by atomic mass is 16.6. The summed E-state index contributed by atoms with van der Waals surface area (Å²) in [4.78, 5) is 25.1. The fourth-order valence-corrected chi connectivity index (χ4v) is 2.19. The standard InChI is InChI=1S/C16H22N2O5/c1-16(2,3)23-14(20)13(17)10-4-6-11(7-5-10)18-8-12(9-19)22-15(18)21/h4-7,12-13,19H,8-9,17H2,1-3H3. The molecule has 0 aliphatic carbocycles. The third-order valence-corrected chi connectivity index (χ3v) is 3.30. The average molecular weight is 322 g/mol. The Balaban J connectivity index is 2.07. The van der Waals surface area contributed by atoms with Crippen molar-refractivity contribution in [1.82, 2.24) is 0 Å². The number of ether oxygens (including phenoxy) is 2. The van der Waals surface area contributed by atoms with Crippen LogP contribution in [0, 0.1) is 0 Å². The minimum Gasteiger partial charge on any atom is -0.459 e. The number of cyclic esters (lactones) is 1. The maximum absolute atomic E-state index is 12.0. The van der Waals surface area contributed by atoms with Crippen molar-refractivity contribution in [3.05, 3.63) is 29.8 Å². The van der Waals surface area contributed by atoms with Crippen molar-refractivity contribution in [2.75, 3.05) is 18.1 Å². The molecule has 0 bridgehead atoms. The molecular formula is C16H22N2O5. The number of carbonyl (C=O) groups excluding carboxylic acids is 2. The fraction of sp³-hybridized carbons (Fsp3) is 0.500. The number of aliphatic hydroxyl groups is 1. The van der Waals surface area contributed by atoms with Crippen molar-refractivity contribution in [2.45, 2.75) is 38.5 Å². The molecule has 1 aromatic carbocycles. The van der Waals surface area contributed by atoms with E-state index in [1.807, 2.05) is 0 Å². The number of anilines is 1. The van der Waals surface area contributed by atoms with Gasteiger partial charge in [-0.3, -0.25) is 4.90 Å². The summed E-state index contributed by atoms with van der Waals surface area (Å²) in [6.45, 7) is 5.39. The molecule has 2 atom stereocenters. The largest absolute Gasteiger partial charge is 0.459 e. The number of nitrogens with zero attached hydrogens (tertiary/aromatic N) is 1. The first-order valence-corrected chi connectivity index (χ1v) is 7.38. The highest BCUT2D eigenvalue weighted by Crippen LogP contribution is 2.24. The number of esters is 1. The second-order valence-electron chi connectivity index (χ2n) is 6.40. The van der Waals surface area contributed by atoms with E-state index < -0.39 is 29.8 Å². The van der Waals surface area contributed by atoms with Crippen LogP contribution in [0.3, 0.4) is 0 Å². The highest BCUT2D eigenvalue weighted by Gasteiger charge is 2.32. The molecule has 1 heterocycles. The molecule has 23 heavy (non-hydrogen) atoms. The lowest BCUT2D eigenvalue weighted by molar-refractivity contribution is -0.156. The second-order valence-corrected chi connectivity index (χ2v) is 6.40. The van der Waals surface area contributed by atoms with Gasteiger partial charge >= 0.3 is 12.1 Å². The summed E-state index contributed by atoms with van der Waals surface area (Å²) in [6.07, 6.45) is -1.03. The lowest BCUT2D eigenvalue weighted by atomic mass is 10.1. The number of aliphatic hydroxyl groups excluding tert-OH is 1. The molecule has 1 amide bonds. The van der Waals surface area contributed by atoms with Gasteiger partial charge in [-0.25, -0.2) is 9.59 Å². The predicted molar refractivity (Wildman–Crippen MR) is 83.9 cm³/mol. The quantitative estimate of drug-likeness (QED) is 0.811. The Bertz CT molecular complexity index is 579. The zero-order chi connectivity index (χ0) is 17.2. The molecule has 1 aromatic rings. The van der Waals surface area contributed by atoms with Crippen LogP contribution in [0.1, 0.15) is 32.4 Å². The molecule has 7 heteroatoms. The molecule has 1 aliphatic rings. The summed E-state index contributed by atoms with van der Waals surface area (Å²) < 4.78 is 10.2. The minimum absolute atomic E-state index is 0.218. The summed E-state index contributed by atoms with van der Waals surface area (Å²) in [5.41, 5.74) is 6.51. The van der Waals surface area contributed by atoms with Crippen molar-refractivity contribution in [3.8, 4) is 0 Å². The van der Waals surface area contributed by atoms with Crippen LogP contribution >= 0.6 is 0 Å². The van der Waals surface area contributed by atoms with Gasteiger partial charge in [-0.05, 0) is 38.5 Å². The van der Waals surface area contributed by atoms with E-state index in [0.717, 1.165) is 0 Å². The maximum Gasteiger partial charge on any atom is 0.414 e. The van der Waals surface area contributed by atoms with E-state index >= 15 is 0 Å². The summed E-state index contributed by atoms with van der Waals surface area (Å²) in [7, 11) is 0. The Morgan fingerprint density at radius 3 is 2.52 bits per heavy atom. The Morgan fingerprint density at radius 2 is 2.04 bits per heavy atom. The van der Waals surface area contributed by atoms with E-state index in [9.17, 15) is 9.59 Å². The average Bonchev–Trinajstić information content (AvgIpc) is 2.86. The summed E-state index contributed by atoms with van der Waals surface area (Å²) >= 11 is 0. The molecule has 0 radical (unpaired) electrons. The number of hydrogen-bond donors (Lipinski definition) is 2. The van der Waals surface area contributed by atoms with Gasteiger partial charge < -0.3 is 20.3 Å². The molecule has 2 rings (SSSR count). The van der Waals surface area contributed by atoms with Crippen LogP contribution in [-0.2, 0) is 14.3 Å². The predicted octanol–water partition coefficient (Wildman–Crippen LogP) is 1.35. The SMILES string of the molecule is CC(C)(C)OC(=O)C(N)c1ccc(N2CC(CO)OC2=O)cc1. The van der Waals surface area contributed by atoms with Gasteiger partial charge in [0.1, 0.15) is 17.7 Å². The number of hydrogen-bond acceptors (Lipinski definition) is 6. The summed E-state index contributed by atoms with van der Waals surface area (Å²) in [5.74, 6) is -0.508. The first-order valence-electron chi connectivity index (χ1n) is 7.38. The van der Waals surface area contributed by atoms with E-state index in [0.29, 0.717) is 11.3 Å². The van der Waals surface area contributed by atoms with E-state index in [4.69, 9.17) is 20.3 Å². The monoisotopic (exact) mass is 322 g/mol. The van der Waals surface area contributed by atoms with Gasteiger partial charge in [0.15, 0.2) is 0 Å². The van der Waals surface area contributed by atoms with Gasteiger partial charge in [0, 0.05) is 5.69 Å². The third kappa shape index (κ3) is 4.20. The van der Waals surface area contributed by atoms with Crippen LogP contribution in [0.2, 0.25) is 0 Å². The molecule has 7 nitrogen and oxygen atoms in total. The Morgan fingerprint density at radius 1 is 1.43 bits per heavy atom. The first kappa shape index (κ1) is 17.2. The number of carbonyl (C=O) groups is 2. The van der Waals surface area contributed by atoms with Gasteiger partial charge in [-0.15, -0.1) is 0 Å². The van der Waals surface area contributed by atoms with Crippen LogP contribution in [0.4, 0.5) is 10.5 Å². The summed E-state index contributed by atoms with van der Waals surface area (Å²) in [6, 6.07) is 5.81. The molecule has 0 aromatic heterocycles. The second kappa shape index (κ2) is 6.55. The van der Waals surface area contributed by atoms with Crippen molar-refractivity contribution in [2.24, 2.45) is 5.73 Å². The fourth-order valence-electron chi connectivity index (χ4n) is 2.19. The van der Waals surface area contributed by atoms with E-state index in [2.05, 4.69) is 0 Å². The smallest absolute Gasteiger partial charge is 0.414 e. The lowest BCUT2D eigenvalue weighted by Gasteiger charge is -2.22. The van der Waals surface area contributed by atoms with Crippen LogP contribution in [-0.4, -0.2) is 42.0 Å². The zero-order valence-electron chi connectivity index (χ0n) is 13.5. The van der Waals surface area contributed by atoms with Crippen LogP contribution in [0.5, 0.6) is 0 Å². The van der Waals surface area contributed by atoms with Crippen LogP contribution in [0.25, 0.3) is 0 Å². The molecule has 0 saturated carbocycles. The molecule has 1 fully saturated rings. The number of rotatable bonds is 4. The van der Waals surface area contributed by atoms with Crippen molar-refractivity contribution in [3.63, 3.8) is 0 Å². The molecular weight excluding hydrogens is 300 g/mol. The molecule has 3 N–H and O–H groups in total. The van der Waals surface area contributed by atoms with E-state index in [1.54, 1.807) is 45.0 Å². The Kier molecular flexibility index (Phi) is 4.91. The molecule has 0 spiro atoms. The molecule has 2 unspecified atom stereocenters. The number of nitrogens with two attached hydrogens (primary N) is 1. The lowest BCUT2D eigenvalue weighted by Crippen LogP contribution is -2.31. The van der Waals surface area contributed by atoms with E-state index in [1.165, 1.54) is 4.90 Å². The Labute approximate surface area is 135 Å². The summed E-state index contributed by atoms with van der Waals surface area (Å²) in [5, 5.41) is 9.05. The normalized spacial score (nSPS) is 19.4. The zero-order valence-corrected chi connectivity index (χ0v) is 13.5. The van der Waals surface area contributed by atoms with E-state index in [-0.39, 0.29) is 13.2 Å². The van der Waals surface area contributed by atoms with Crippen LogP contribution in [0.15, 0.2) is 24.3 Å². The third-order valence-electron chi connectivity index (χ3n) is 3.30. The topological polar surface area (TPSA) is 102 Å². The van der Waals surface area contributed by atoms with Crippen molar-refractivity contribution in [1.29, 1.82) is 0 Å². The van der Waals surface area contributed by atoms with Crippen molar-refractivity contribution >= 4 is 17.7 Å². The number of amides is 1. The first-order chi connectivity index (χ1) is 10.7. The molecule has 126 valence electrons. The maximum atomic E-state index is 12.0.